The van der Waals surface area contributed by atoms with E-state index in [0.717, 1.165) is 11.4 Å². The van der Waals surface area contributed by atoms with Crippen LogP contribution >= 0.6 is 22.9 Å². The van der Waals surface area contributed by atoms with E-state index in [4.69, 9.17) is 11.6 Å². The van der Waals surface area contributed by atoms with Crippen LogP contribution in [0.4, 0.5) is 0 Å². The van der Waals surface area contributed by atoms with Gasteiger partial charge in [0.25, 0.3) is 0 Å². The van der Waals surface area contributed by atoms with E-state index >= 15 is 0 Å². The summed E-state index contributed by atoms with van der Waals surface area (Å²) in [5.74, 6) is 1.80. The fourth-order valence-electron chi connectivity index (χ4n) is 1.04. The molecule has 0 amide bonds. The Morgan fingerprint density at radius 3 is 3.00 bits per heavy atom. The average molecular weight is 214 g/mol. The number of nitrogens with zero attached hydrogens (tertiary/aromatic N) is 2. The van der Waals surface area contributed by atoms with Crippen LogP contribution in [-0.2, 0) is 5.88 Å². The maximum atomic E-state index is 5.60. The standard InChI is InChI=1S/C8H8ClN3S/c1-5-2-6(4-13-5)8-10-7(3-9)11-12-8/h2,4H,3H2,1H3,(H,10,11,12). The van der Waals surface area contributed by atoms with Crippen LogP contribution in [0.15, 0.2) is 11.4 Å². The molecule has 2 aromatic heterocycles. The maximum Gasteiger partial charge on any atom is 0.182 e. The van der Waals surface area contributed by atoms with Crippen LogP contribution in [0.1, 0.15) is 10.7 Å². The van der Waals surface area contributed by atoms with Gasteiger partial charge in [-0.05, 0) is 13.0 Å². The molecule has 0 unspecified atom stereocenters. The van der Waals surface area contributed by atoms with Crippen LogP contribution in [0.25, 0.3) is 11.4 Å². The zero-order valence-corrected chi connectivity index (χ0v) is 8.61. The SMILES string of the molecule is Cc1cc(-c2n[nH]c(CCl)n2)cs1. The molecule has 5 heteroatoms. The minimum atomic E-state index is 0.371. The minimum Gasteiger partial charge on any atom is -0.262 e. The van der Waals surface area contributed by atoms with E-state index in [1.54, 1.807) is 11.3 Å². The average Bonchev–Trinajstić information content (AvgIpc) is 2.71. The van der Waals surface area contributed by atoms with Gasteiger partial charge in [-0.3, -0.25) is 5.10 Å². The number of aryl methyl sites for hydroxylation is 1. The molecule has 0 radical (unpaired) electrons. The fourth-order valence-corrected chi connectivity index (χ4v) is 1.85. The normalized spacial score (nSPS) is 10.6. The predicted molar refractivity (Wildman–Crippen MR) is 54.0 cm³/mol. The van der Waals surface area contributed by atoms with Crippen LogP contribution in [0.3, 0.4) is 0 Å². The summed E-state index contributed by atoms with van der Waals surface area (Å²) in [4.78, 5) is 5.48. The molecule has 0 aliphatic heterocycles. The van der Waals surface area contributed by atoms with Crippen LogP contribution in [0.5, 0.6) is 0 Å². The molecule has 0 bridgehead atoms. The zero-order valence-electron chi connectivity index (χ0n) is 7.04. The van der Waals surface area contributed by atoms with Crippen LogP contribution in [0.2, 0.25) is 0 Å². The number of alkyl halides is 1. The topological polar surface area (TPSA) is 41.6 Å². The third kappa shape index (κ3) is 1.73. The number of thiophene rings is 1. The second kappa shape index (κ2) is 3.47. The van der Waals surface area contributed by atoms with Gasteiger partial charge in [-0.1, -0.05) is 0 Å². The van der Waals surface area contributed by atoms with Gasteiger partial charge >= 0.3 is 0 Å². The number of aromatic nitrogens is 3. The molecular weight excluding hydrogens is 206 g/mol. The van der Waals surface area contributed by atoms with Crippen LogP contribution < -0.4 is 0 Å². The van der Waals surface area contributed by atoms with Crippen molar-refractivity contribution in [1.82, 2.24) is 15.2 Å². The number of nitrogens with one attached hydrogen (secondary N) is 1. The smallest absolute Gasteiger partial charge is 0.182 e. The van der Waals surface area contributed by atoms with E-state index in [1.807, 2.05) is 5.38 Å². The quantitative estimate of drug-likeness (QED) is 0.780. The summed E-state index contributed by atoms with van der Waals surface area (Å²) in [6.45, 7) is 2.06. The minimum absolute atomic E-state index is 0.371. The molecule has 0 spiro atoms. The van der Waals surface area contributed by atoms with E-state index in [9.17, 15) is 0 Å². The highest BCUT2D eigenvalue weighted by Crippen LogP contribution is 2.21. The van der Waals surface area contributed by atoms with Crippen molar-refractivity contribution in [3.8, 4) is 11.4 Å². The van der Waals surface area contributed by atoms with Crippen molar-refractivity contribution < 1.29 is 0 Å². The first-order valence-electron chi connectivity index (χ1n) is 3.82. The van der Waals surface area contributed by atoms with Gasteiger partial charge in [0.2, 0.25) is 0 Å². The molecular formula is C8H8ClN3S. The third-order valence-corrected chi connectivity index (χ3v) is 2.76. The lowest BCUT2D eigenvalue weighted by molar-refractivity contribution is 1.02. The van der Waals surface area contributed by atoms with Gasteiger partial charge in [0.15, 0.2) is 5.82 Å². The molecule has 0 saturated carbocycles. The van der Waals surface area contributed by atoms with Gasteiger partial charge in [0, 0.05) is 15.8 Å². The van der Waals surface area contributed by atoms with Crippen molar-refractivity contribution in [1.29, 1.82) is 0 Å². The molecule has 0 fully saturated rings. The molecule has 1 N–H and O–H groups in total. The van der Waals surface area contributed by atoms with Gasteiger partial charge in [0.1, 0.15) is 5.82 Å². The summed E-state index contributed by atoms with van der Waals surface area (Å²) in [6, 6.07) is 2.06. The van der Waals surface area contributed by atoms with Gasteiger partial charge in [-0.2, -0.15) is 5.10 Å². The van der Waals surface area contributed by atoms with E-state index in [0.29, 0.717) is 11.7 Å². The summed E-state index contributed by atoms with van der Waals surface area (Å²) in [7, 11) is 0. The molecule has 3 nitrogen and oxygen atoms in total. The van der Waals surface area contributed by atoms with Crippen molar-refractivity contribution in [3.05, 3.63) is 22.1 Å². The number of hydrogen-bond acceptors (Lipinski definition) is 3. The summed E-state index contributed by atoms with van der Waals surface area (Å²) < 4.78 is 0. The molecule has 13 heavy (non-hydrogen) atoms. The summed E-state index contributed by atoms with van der Waals surface area (Å²) in [5.41, 5.74) is 1.05. The van der Waals surface area contributed by atoms with Crippen LogP contribution in [0, 0.1) is 6.92 Å². The van der Waals surface area contributed by atoms with Crippen molar-refractivity contribution in [2.45, 2.75) is 12.8 Å². The first-order valence-corrected chi connectivity index (χ1v) is 5.24. The summed E-state index contributed by atoms with van der Waals surface area (Å²) in [5, 5.41) is 8.87. The maximum absolute atomic E-state index is 5.60. The Kier molecular flexibility index (Phi) is 2.33. The predicted octanol–water partition coefficient (Wildman–Crippen LogP) is 2.58. The number of halogens is 1. The number of rotatable bonds is 2. The van der Waals surface area contributed by atoms with Crippen molar-refractivity contribution in [2.75, 3.05) is 0 Å². The Morgan fingerprint density at radius 1 is 1.62 bits per heavy atom. The highest BCUT2D eigenvalue weighted by molar-refractivity contribution is 7.10. The Morgan fingerprint density at radius 2 is 2.46 bits per heavy atom. The number of H-pyrrole nitrogens is 1. The van der Waals surface area contributed by atoms with Crippen molar-refractivity contribution >= 4 is 22.9 Å². The molecule has 2 rings (SSSR count). The number of hydrogen-bond donors (Lipinski definition) is 1. The van der Waals surface area contributed by atoms with Crippen LogP contribution in [-0.4, -0.2) is 15.2 Å². The highest BCUT2D eigenvalue weighted by atomic mass is 35.5. The van der Waals surface area contributed by atoms with E-state index in [2.05, 4.69) is 28.2 Å². The Balaban J connectivity index is 2.35. The molecule has 68 valence electrons. The Labute approximate surface area is 84.8 Å². The lowest BCUT2D eigenvalue weighted by atomic mass is 10.3. The van der Waals surface area contributed by atoms with Gasteiger partial charge in [-0.15, -0.1) is 22.9 Å². The molecule has 2 heterocycles. The van der Waals surface area contributed by atoms with Gasteiger partial charge < -0.3 is 0 Å². The van der Waals surface area contributed by atoms with Crippen molar-refractivity contribution in [2.24, 2.45) is 0 Å². The monoisotopic (exact) mass is 213 g/mol. The second-order valence-electron chi connectivity index (χ2n) is 2.69. The molecule has 2 aromatic rings. The zero-order chi connectivity index (χ0) is 9.26. The lowest BCUT2D eigenvalue weighted by Gasteiger charge is -1.84. The first-order chi connectivity index (χ1) is 6.29. The van der Waals surface area contributed by atoms with E-state index < -0.39 is 0 Å². The Bertz CT molecular complexity index is 407. The fraction of sp³-hybridized carbons (Fsp3) is 0.250. The summed E-state index contributed by atoms with van der Waals surface area (Å²) in [6.07, 6.45) is 0. The summed E-state index contributed by atoms with van der Waals surface area (Å²) >= 11 is 7.29. The van der Waals surface area contributed by atoms with E-state index in [1.165, 1.54) is 4.88 Å². The molecule has 0 saturated heterocycles. The molecule has 0 atom stereocenters. The third-order valence-electron chi connectivity index (χ3n) is 1.65. The van der Waals surface area contributed by atoms with E-state index in [-0.39, 0.29) is 0 Å². The van der Waals surface area contributed by atoms with Crippen molar-refractivity contribution in [3.63, 3.8) is 0 Å². The second-order valence-corrected chi connectivity index (χ2v) is 4.07. The highest BCUT2D eigenvalue weighted by Gasteiger charge is 2.05. The van der Waals surface area contributed by atoms with Gasteiger partial charge in [-0.25, -0.2) is 4.98 Å². The first kappa shape index (κ1) is 8.72. The molecule has 0 aromatic carbocycles. The van der Waals surface area contributed by atoms with Gasteiger partial charge in [0.05, 0.1) is 5.88 Å². The number of aromatic amines is 1. The largest absolute Gasteiger partial charge is 0.262 e. The Hall–Kier alpha value is -0.870. The molecule has 0 aliphatic carbocycles. The lowest BCUT2D eigenvalue weighted by Crippen LogP contribution is -1.79. The molecule has 0 aliphatic rings.